The maximum absolute atomic E-state index is 10.9. The molecule has 1 aromatic heterocycles. The summed E-state index contributed by atoms with van der Waals surface area (Å²) in [5.41, 5.74) is 2.76. The number of carbonyl (C=O) groups excluding carboxylic acids is 1. The number of hydrogen-bond donors (Lipinski definition) is 0. The Kier molecular flexibility index (Phi) is 3.64. The van der Waals surface area contributed by atoms with Crippen molar-refractivity contribution in [2.24, 2.45) is 0 Å². The van der Waals surface area contributed by atoms with Crippen LogP contribution < -0.4 is 0 Å². The molecule has 0 fully saturated rings. The second-order valence-corrected chi connectivity index (χ2v) is 5.94. The van der Waals surface area contributed by atoms with E-state index in [2.05, 4.69) is 20.5 Å². The molecular formula is C16H11BrClNO. The molecule has 100 valence electrons. The molecule has 0 saturated carbocycles. The molecule has 0 saturated heterocycles. The molecule has 3 aromatic rings. The van der Waals surface area contributed by atoms with Crippen LogP contribution in [-0.2, 0) is 6.54 Å². The summed E-state index contributed by atoms with van der Waals surface area (Å²) < 4.78 is 3.06. The highest BCUT2D eigenvalue weighted by Crippen LogP contribution is 2.24. The normalized spacial score (nSPS) is 10.9. The minimum absolute atomic E-state index is 0.678. The van der Waals surface area contributed by atoms with Crippen LogP contribution in [0.3, 0.4) is 0 Å². The number of hydrogen-bond acceptors (Lipinski definition) is 1. The Hall–Kier alpha value is -1.58. The lowest BCUT2D eigenvalue weighted by Gasteiger charge is -2.08. The van der Waals surface area contributed by atoms with Crippen LogP contribution in [0, 0.1) is 0 Å². The summed E-state index contributed by atoms with van der Waals surface area (Å²) in [6.45, 7) is 0.678. The van der Waals surface area contributed by atoms with Gasteiger partial charge in [0, 0.05) is 33.3 Å². The molecule has 20 heavy (non-hydrogen) atoms. The first-order valence-electron chi connectivity index (χ1n) is 6.15. The lowest BCUT2D eigenvalue weighted by molar-refractivity contribution is 0.112. The van der Waals surface area contributed by atoms with E-state index < -0.39 is 0 Å². The molecule has 0 atom stereocenters. The fraction of sp³-hybridized carbons (Fsp3) is 0.0625. The fourth-order valence-electron chi connectivity index (χ4n) is 2.25. The molecule has 2 nitrogen and oxygen atoms in total. The van der Waals surface area contributed by atoms with Crippen LogP contribution in [0.25, 0.3) is 10.9 Å². The van der Waals surface area contributed by atoms with Gasteiger partial charge >= 0.3 is 0 Å². The molecule has 2 aromatic carbocycles. The van der Waals surface area contributed by atoms with E-state index in [1.54, 1.807) is 0 Å². The summed E-state index contributed by atoms with van der Waals surface area (Å²) in [5.74, 6) is 0. The molecule has 0 N–H and O–H groups in total. The molecule has 0 radical (unpaired) electrons. The standard InChI is InChI=1S/C16H11BrClNO/c17-14-4-3-13(15(18)8-14)9-19-6-5-12-2-1-11(10-20)7-16(12)19/h1-8,10H,9H2. The fourth-order valence-corrected chi connectivity index (χ4v) is 2.98. The van der Waals surface area contributed by atoms with Crippen LogP contribution in [0.15, 0.2) is 53.1 Å². The molecule has 0 aliphatic rings. The first-order valence-corrected chi connectivity index (χ1v) is 7.32. The second-order valence-electron chi connectivity index (χ2n) is 4.62. The Labute approximate surface area is 130 Å². The Balaban J connectivity index is 2.04. The van der Waals surface area contributed by atoms with Gasteiger partial charge in [0.2, 0.25) is 0 Å². The van der Waals surface area contributed by atoms with Gasteiger partial charge in [-0.2, -0.15) is 0 Å². The van der Waals surface area contributed by atoms with Gasteiger partial charge in [-0.15, -0.1) is 0 Å². The number of fused-ring (bicyclic) bond motifs is 1. The number of rotatable bonds is 3. The summed E-state index contributed by atoms with van der Waals surface area (Å²) in [4.78, 5) is 10.9. The molecule has 1 heterocycles. The predicted octanol–water partition coefficient (Wildman–Crippen LogP) is 4.92. The minimum atomic E-state index is 0.678. The van der Waals surface area contributed by atoms with E-state index in [9.17, 15) is 4.79 Å². The number of aromatic nitrogens is 1. The van der Waals surface area contributed by atoms with Gasteiger partial charge in [-0.1, -0.05) is 45.7 Å². The summed E-state index contributed by atoms with van der Waals surface area (Å²) >= 11 is 9.66. The Morgan fingerprint density at radius 2 is 2.00 bits per heavy atom. The van der Waals surface area contributed by atoms with Crippen molar-refractivity contribution < 1.29 is 4.79 Å². The van der Waals surface area contributed by atoms with Gasteiger partial charge in [-0.3, -0.25) is 4.79 Å². The van der Waals surface area contributed by atoms with Gasteiger partial charge in [0.05, 0.1) is 0 Å². The van der Waals surface area contributed by atoms with E-state index in [0.29, 0.717) is 12.1 Å². The maximum atomic E-state index is 10.9. The predicted molar refractivity (Wildman–Crippen MR) is 85.6 cm³/mol. The van der Waals surface area contributed by atoms with Crippen molar-refractivity contribution in [1.82, 2.24) is 4.57 Å². The van der Waals surface area contributed by atoms with Crippen molar-refractivity contribution in [1.29, 1.82) is 0 Å². The summed E-state index contributed by atoms with van der Waals surface area (Å²) in [7, 11) is 0. The summed E-state index contributed by atoms with van der Waals surface area (Å²) in [6, 6.07) is 13.6. The van der Waals surface area contributed by atoms with Crippen LogP contribution in [-0.4, -0.2) is 10.9 Å². The van der Waals surface area contributed by atoms with Crippen LogP contribution in [0.5, 0.6) is 0 Å². The van der Waals surface area contributed by atoms with Crippen molar-refractivity contribution in [3.05, 3.63) is 69.3 Å². The van der Waals surface area contributed by atoms with E-state index in [1.165, 1.54) is 0 Å². The van der Waals surface area contributed by atoms with Gasteiger partial charge in [-0.25, -0.2) is 0 Å². The van der Waals surface area contributed by atoms with Gasteiger partial charge in [0.25, 0.3) is 0 Å². The zero-order chi connectivity index (χ0) is 14.1. The van der Waals surface area contributed by atoms with Crippen molar-refractivity contribution in [2.75, 3.05) is 0 Å². The molecule has 4 heteroatoms. The highest BCUT2D eigenvalue weighted by Gasteiger charge is 2.06. The third kappa shape index (κ3) is 2.51. The first-order chi connectivity index (χ1) is 9.67. The number of nitrogens with zero attached hydrogens (tertiary/aromatic N) is 1. The molecule has 0 aliphatic carbocycles. The van der Waals surface area contributed by atoms with Crippen molar-refractivity contribution in [2.45, 2.75) is 6.54 Å². The largest absolute Gasteiger partial charge is 0.343 e. The van der Waals surface area contributed by atoms with Crippen LogP contribution in [0.2, 0.25) is 5.02 Å². The lowest BCUT2D eigenvalue weighted by Crippen LogP contribution is -1.99. The van der Waals surface area contributed by atoms with E-state index in [4.69, 9.17) is 11.6 Å². The van der Waals surface area contributed by atoms with Gasteiger partial charge < -0.3 is 4.57 Å². The van der Waals surface area contributed by atoms with E-state index in [-0.39, 0.29) is 0 Å². The topological polar surface area (TPSA) is 22.0 Å². The summed E-state index contributed by atoms with van der Waals surface area (Å²) in [6.07, 6.45) is 2.88. The van der Waals surface area contributed by atoms with Crippen LogP contribution in [0.1, 0.15) is 15.9 Å². The zero-order valence-corrected chi connectivity index (χ0v) is 12.9. The monoisotopic (exact) mass is 347 g/mol. The number of halogens is 2. The minimum Gasteiger partial charge on any atom is -0.343 e. The number of benzene rings is 2. The van der Waals surface area contributed by atoms with Crippen LogP contribution >= 0.6 is 27.5 Å². The van der Waals surface area contributed by atoms with Crippen molar-refractivity contribution in [3.63, 3.8) is 0 Å². The van der Waals surface area contributed by atoms with Gasteiger partial charge in [0.15, 0.2) is 0 Å². The molecule has 0 unspecified atom stereocenters. The van der Waals surface area contributed by atoms with E-state index >= 15 is 0 Å². The molecule has 0 spiro atoms. The smallest absolute Gasteiger partial charge is 0.150 e. The average molecular weight is 349 g/mol. The van der Waals surface area contributed by atoms with Gasteiger partial charge in [0.1, 0.15) is 6.29 Å². The lowest BCUT2D eigenvalue weighted by atomic mass is 10.2. The quantitative estimate of drug-likeness (QED) is 0.616. The van der Waals surface area contributed by atoms with Crippen molar-refractivity contribution >= 4 is 44.7 Å². The first kappa shape index (κ1) is 13.4. The second kappa shape index (κ2) is 5.43. The Morgan fingerprint density at radius 3 is 2.75 bits per heavy atom. The maximum Gasteiger partial charge on any atom is 0.150 e. The van der Waals surface area contributed by atoms with E-state index in [1.807, 2.05) is 48.7 Å². The molecular weight excluding hydrogens is 338 g/mol. The van der Waals surface area contributed by atoms with Gasteiger partial charge in [-0.05, 0) is 35.2 Å². The average Bonchev–Trinajstić information content (AvgIpc) is 2.84. The number of carbonyl (C=O) groups is 1. The SMILES string of the molecule is O=Cc1ccc2ccn(Cc3ccc(Br)cc3Cl)c2c1. The molecule has 0 bridgehead atoms. The highest BCUT2D eigenvalue weighted by molar-refractivity contribution is 9.10. The Morgan fingerprint density at radius 1 is 1.15 bits per heavy atom. The zero-order valence-electron chi connectivity index (χ0n) is 10.5. The summed E-state index contributed by atoms with van der Waals surface area (Å²) in [5, 5.41) is 1.84. The highest BCUT2D eigenvalue weighted by atomic mass is 79.9. The van der Waals surface area contributed by atoms with E-state index in [0.717, 1.165) is 32.2 Å². The number of aldehydes is 1. The third-order valence-corrected chi connectivity index (χ3v) is 4.13. The molecule has 3 rings (SSSR count). The van der Waals surface area contributed by atoms with Crippen LogP contribution in [0.4, 0.5) is 0 Å². The molecule has 0 aliphatic heterocycles. The Bertz CT molecular complexity index is 794. The third-order valence-electron chi connectivity index (χ3n) is 3.29. The molecule has 0 amide bonds. The van der Waals surface area contributed by atoms with Crippen molar-refractivity contribution in [3.8, 4) is 0 Å².